The molecule has 3 amide bonds. The molecule has 5 aliphatic rings. The summed E-state index contributed by atoms with van der Waals surface area (Å²) in [5.74, 6) is 1.52. The number of imide groups is 1. The number of carbonyl (C=O) groups excluding carboxylic acids is 3. The van der Waals surface area contributed by atoms with Crippen LogP contribution in [0.5, 0.6) is 5.75 Å². The van der Waals surface area contributed by atoms with Gasteiger partial charge < -0.3 is 20.2 Å². The van der Waals surface area contributed by atoms with Crippen molar-refractivity contribution >= 4 is 29.2 Å². The number of piperidine rings is 2. The second-order valence-corrected chi connectivity index (χ2v) is 16.3. The SMILES string of the molecule is C=C1CCC(N2C(=O)c3ccc(N4CCN(CCC5CCN(c6ccc([C@@H]7c8ccc(O)cc8CC[C@@H]7c7ccccc7)cn6)CC5)CC4)cc3C2=O)C(=O)N1. The van der Waals surface area contributed by atoms with E-state index in [0.717, 1.165) is 87.9 Å². The molecule has 5 heterocycles. The number of phenolic OH excluding ortho intramolecular Hbond substituents is 1. The van der Waals surface area contributed by atoms with Gasteiger partial charge in [0.05, 0.1) is 11.1 Å². The van der Waals surface area contributed by atoms with Gasteiger partial charge in [-0.15, -0.1) is 0 Å². The van der Waals surface area contributed by atoms with Crippen LogP contribution in [0.1, 0.15) is 93.3 Å². The van der Waals surface area contributed by atoms with Crippen molar-refractivity contribution in [1.29, 1.82) is 0 Å². The van der Waals surface area contributed by atoms with Crippen molar-refractivity contribution in [2.45, 2.75) is 62.8 Å². The van der Waals surface area contributed by atoms with E-state index in [-0.39, 0.29) is 17.7 Å². The fourth-order valence-corrected chi connectivity index (χ4v) is 9.83. The van der Waals surface area contributed by atoms with Crippen LogP contribution in [0.3, 0.4) is 0 Å². The molecular formula is C46H50N6O4. The predicted octanol–water partition coefficient (Wildman–Crippen LogP) is 6.47. The minimum Gasteiger partial charge on any atom is -0.508 e. The first-order chi connectivity index (χ1) is 27.3. The van der Waals surface area contributed by atoms with Gasteiger partial charge >= 0.3 is 0 Å². The quantitative estimate of drug-likeness (QED) is 0.198. The Bertz CT molecular complexity index is 2140. The molecule has 3 aromatic carbocycles. The Morgan fingerprint density at radius 1 is 0.750 bits per heavy atom. The summed E-state index contributed by atoms with van der Waals surface area (Å²) < 4.78 is 0. The number of aromatic nitrogens is 1. The largest absolute Gasteiger partial charge is 0.508 e. The number of piperazine rings is 1. The van der Waals surface area contributed by atoms with Gasteiger partial charge in [0.25, 0.3) is 11.8 Å². The number of hydrogen-bond donors (Lipinski definition) is 2. The Kier molecular flexibility index (Phi) is 9.83. The number of carbonyl (C=O) groups is 3. The van der Waals surface area contributed by atoms with E-state index < -0.39 is 11.9 Å². The molecular weight excluding hydrogens is 701 g/mol. The van der Waals surface area contributed by atoms with Crippen molar-refractivity contribution in [3.05, 3.63) is 131 Å². The first kappa shape index (κ1) is 36.2. The third-order valence-corrected chi connectivity index (χ3v) is 13.0. The van der Waals surface area contributed by atoms with Crippen LogP contribution in [0.2, 0.25) is 0 Å². The number of nitrogens with zero attached hydrogens (tertiary/aromatic N) is 5. The van der Waals surface area contributed by atoms with Gasteiger partial charge in [0, 0.05) is 62.8 Å². The number of aryl methyl sites for hydroxylation is 1. The Morgan fingerprint density at radius 2 is 1.54 bits per heavy atom. The van der Waals surface area contributed by atoms with E-state index >= 15 is 0 Å². The molecule has 0 radical (unpaired) electrons. The van der Waals surface area contributed by atoms with Crippen LogP contribution in [0.4, 0.5) is 11.5 Å². The van der Waals surface area contributed by atoms with Crippen LogP contribution in [0.25, 0.3) is 0 Å². The second kappa shape index (κ2) is 15.2. The summed E-state index contributed by atoms with van der Waals surface area (Å²) in [5.41, 5.74) is 7.44. The van der Waals surface area contributed by atoms with E-state index in [1.165, 1.54) is 28.7 Å². The molecule has 56 heavy (non-hydrogen) atoms. The summed E-state index contributed by atoms with van der Waals surface area (Å²) in [6, 6.07) is 25.9. The number of amides is 3. The number of hydrogen-bond acceptors (Lipinski definition) is 8. The van der Waals surface area contributed by atoms with Crippen LogP contribution < -0.4 is 15.1 Å². The Hall–Kier alpha value is -5.48. The number of allylic oxidation sites excluding steroid dienone is 1. The van der Waals surface area contributed by atoms with Crippen molar-refractivity contribution in [2.24, 2.45) is 5.92 Å². The van der Waals surface area contributed by atoms with Gasteiger partial charge in [-0.25, -0.2) is 4.98 Å². The fourth-order valence-electron chi connectivity index (χ4n) is 9.83. The number of phenols is 1. The molecule has 0 bridgehead atoms. The fraction of sp³-hybridized carbons (Fsp3) is 0.391. The molecule has 288 valence electrons. The van der Waals surface area contributed by atoms with Crippen molar-refractivity contribution in [1.82, 2.24) is 20.1 Å². The first-order valence-electron chi connectivity index (χ1n) is 20.4. The standard InChI is InChI=1S/C46H50N6O4/c1-30-7-15-41(44(54)48-30)52-45(55)39-13-10-35(28-40(39)46(52)56)50-25-23-49(24-26-50)20-17-31-18-21-51(22-19-31)42-16-9-34(29-47-42)43-37(32-5-3-2-4-6-32)12-8-33-27-36(53)11-14-38(33)43/h2-6,9-11,13-14,16,27-29,31,37,41,43,53H,1,7-8,12,15,17-26H2,(H,48,54)/t37-,41?,43+/m1/s1. The third kappa shape index (κ3) is 6.95. The minimum atomic E-state index is -0.799. The molecule has 1 aliphatic carbocycles. The highest BCUT2D eigenvalue weighted by molar-refractivity contribution is 6.23. The molecule has 4 aliphatic heterocycles. The lowest BCUT2D eigenvalue weighted by Gasteiger charge is -2.38. The van der Waals surface area contributed by atoms with E-state index in [1.807, 2.05) is 24.3 Å². The van der Waals surface area contributed by atoms with Crippen molar-refractivity contribution < 1.29 is 19.5 Å². The zero-order valence-electron chi connectivity index (χ0n) is 31.9. The monoisotopic (exact) mass is 750 g/mol. The lowest BCUT2D eigenvalue weighted by atomic mass is 9.69. The molecule has 1 unspecified atom stereocenters. The van der Waals surface area contributed by atoms with Gasteiger partial charge in [0.2, 0.25) is 5.91 Å². The van der Waals surface area contributed by atoms with E-state index in [2.05, 4.69) is 81.3 Å². The number of benzene rings is 3. The zero-order valence-corrected chi connectivity index (χ0v) is 31.9. The molecule has 2 N–H and O–H groups in total. The summed E-state index contributed by atoms with van der Waals surface area (Å²) in [5, 5.41) is 12.9. The van der Waals surface area contributed by atoms with Crippen LogP contribution in [-0.2, 0) is 11.2 Å². The average Bonchev–Trinajstić information content (AvgIpc) is 3.48. The first-order valence-corrected chi connectivity index (χ1v) is 20.4. The third-order valence-electron chi connectivity index (χ3n) is 13.0. The van der Waals surface area contributed by atoms with Gasteiger partial charge in [-0.05, 0) is 122 Å². The summed E-state index contributed by atoms with van der Waals surface area (Å²) in [7, 11) is 0. The van der Waals surface area contributed by atoms with Crippen molar-refractivity contribution in [3.63, 3.8) is 0 Å². The van der Waals surface area contributed by atoms with Gasteiger partial charge in [-0.1, -0.05) is 49.0 Å². The molecule has 9 rings (SSSR count). The van der Waals surface area contributed by atoms with Gasteiger partial charge in [-0.2, -0.15) is 0 Å². The van der Waals surface area contributed by atoms with E-state index in [9.17, 15) is 19.5 Å². The zero-order chi connectivity index (χ0) is 38.3. The number of anilines is 2. The van der Waals surface area contributed by atoms with Crippen molar-refractivity contribution in [3.8, 4) is 5.75 Å². The summed E-state index contributed by atoms with van der Waals surface area (Å²) in [6.45, 7) is 10.5. The highest BCUT2D eigenvalue weighted by Crippen LogP contribution is 2.47. The molecule has 10 nitrogen and oxygen atoms in total. The molecule has 4 aromatic rings. The normalized spacial score (nSPS) is 23.3. The lowest BCUT2D eigenvalue weighted by Crippen LogP contribution is -2.51. The van der Waals surface area contributed by atoms with Crippen LogP contribution in [0.15, 0.2) is 97.3 Å². The van der Waals surface area contributed by atoms with Crippen molar-refractivity contribution in [2.75, 3.05) is 55.6 Å². The average molecular weight is 751 g/mol. The smallest absolute Gasteiger partial charge is 0.262 e. The Balaban J connectivity index is 0.764. The molecule has 0 spiro atoms. The predicted molar refractivity (Wildman–Crippen MR) is 217 cm³/mol. The highest BCUT2D eigenvalue weighted by atomic mass is 16.3. The minimum absolute atomic E-state index is 0.198. The number of pyridine rings is 1. The maximum Gasteiger partial charge on any atom is 0.262 e. The number of rotatable bonds is 8. The van der Waals surface area contributed by atoms with Gasteiger partial charge in [0.1, 0.15) is 17.6 Å². The molecule has 0 saturated carbocycles. The summed E-state index contributed by atoms with van der Waals surface area (Å²) >= 11 is 0. The lowest BCUT2D eigenvalue weighted by molar-refractivity contribution is -0.125. The maximum absolute atomic E-state index is 13.4. The second-order valence-electron chi connectivity index (χ2n) is 16.3. The Morgan fingerprint density at radius 3 is 2.29 bits per heavy atom. The highest BCUT2D eigenvalue weighted by Gasteiger charge is 2.44. The van der Waals surface area contributed by atoms with E-state index in [1.54, 1.807) is 6.07 Å². The van der Waals surface area contributed by atoms with E-state index in [0.29, 0.717) is 47.3 Å². The molecule has 3 saturated heterocycles. The van der Waals surface area contributed by atoms with Gasteiger partial charge in [-0.3, -0.25) is 24.2 Å². The Labute approximate surface area is 328 Å². The molecule has 1 aromatic heterocycles. The summed E-state index contributed by atoms with van der Waals surface area (Å²) in [6.07, 6.45) is 8.54. The molecule has 3 atom stereocenters. The molecule has 10 heteroatoms. The van der Waals surface area contributed by atoms with E-state index in [4.69, 9.17) is 4.98 Å². The number of aromatic hydroxyl groups is 1. The van der Waals surface area contributed by atoms with Gasteiger partial charge in [0.15, 0.2) is 0 Å². The van der Waals surface area contributed by atoms with Crippen LogP contribution >= 0.6 is 0 Å². The van der Waals surface area contributed by atoms with Crippen LogP contribution in [-0.4, -0.2) is 89.5 Å². The van der Waals surface area contributed by atoms with Crippen LogP contribution in [0, 0.1) is 5.92 Å². The summed E-state index contributed by atoms with van der Waals surface area (Å²) in [4.78, 5) is 52.6. The number of fused-ring (bicyclic) bond motifs is 2. The topological polar surface area (TPSA) is 109 Å². The maximum atomic E-state index is 13.4. The molecule has 3 fully saturated rings. The number of nitrogens with one attached hydrogen (secondary N) is 1.